The highest BCUT2D eigenvalue weighted by Gasteiger charge is 2.30. The lowest BCUT2D eigenvalue weighted by molar-refractivity contribution is 0.579. The molecule has 0 saturated heterocycles. The van der Waals surface area contributed by atoms with Crippen LogP contribution in [0.1, 0.15) is 18.4 Å². The van der Waals surface area contributed by atoms with E-state index in [1.54, 1.807) is 24.3 Å². The van der Waals surface area contributed by atoms with E-state index in [1.165, 1.54) is 7.05 Å². The summed E-state index contributed by atoms with van der Waals surface area (Å²) in [4.78, 5) is 0. The standard InChI is InChI=1S/C11H16N4O2S/c1-15(18(16,17)14-8-6-7-8)10-5-3-2-4-9(10)11(12)13/h2-5,8,14H,6-7H2,1H3,(H3,12,13). The molecule has 0 aliphatic heterocycles. The number of benzene rings is 1. The van der Waals surface area contributed by atoms with E-state index < -0.39 is 10.2 Å². The maximum absolute atomic E-state index is 12.1. The van der Waals surface area contributed by atoms with Crippen molar-refractivity contribution in [2.24, 2.45) is 5.73 Å². The minimum Gasteiger partial charge on any atom is -0.384 e. The molecule has 2 rings (SSSR count). The lowest BCUT2D eigenvalue weighted by atomic mass is 10.1. The Morgan fingerprint density at radius 3 is 2.61 bits per heavy atom. The summed E-state index contributed by atoms with van der Waals surface area (Å²) in [6.45, 7) is 0. The van der Waals surface area contributed by atoms with Crippen LogP contribution in [-0.2, 0) is 10.2 Å². The van der Waals surface area contributed by atoms with Crippen LogP contribution < -0.4 is 14.8 Å². The molecule has 0 radical (unpaired) electrons. The molecule has 98 valence electrons. The Bertz CT molecular complexity index is 566. The van der Waals surface area contributed by atoms with Gasteiger partial charge in [0.1, 0.15) is 5.84 Å². The summed E-state index contributed by atoms with van der Waals surface area (Å²) in [5, 5.41) is 7.46. The van der Waals surface area contributed by atoms with E-state index in [2.05, 4.69) is 4.72 Å². The van der Waals surface area contributed by atoms with Gasteiger partial charge in [0.15, 0.2) is 0 Å². The molecule has 0 amide bonds. The topological polar surface area (TPSA) is 99.3 Å². The zero-order valence-electron chi connectivity index (χ0n) is 10.1. The number of anilines is 1. The molecule has 0 heterocycles. The summed E-state index contributed by atoms with van der Waals surface area (Å²) in [7, 11) is -2.12. The lowest BCUT2D eigenvalue weighted by Gasteiger charge is -2.22. The highest BCUT2D eigenvalue weighted by Crippen LogP contribution is 2.24. The number of nitrogens with zero attached hydrogens (tertiary/aromatic N) is 1. The molecule has 1 saturated carbocycles. The summed E-state index contributed by atoms with van der Waals surface area (Å²) >= 11 is 0. The van der Waals surface area contributed by atoms with Crippen molar-refractivity contribution in [2.75, 3.05) is 11.4 Å². The van der Waals surface area contributed by atoms with E-state index in [4.69, 9.17) is 11.1 Å². The zero-order valence-corrected chi connectivity index (χ0v) is 10.9. The predicted molar refractivity (Wildman–Crippen MR) is 70.9 cm³/mol. The SMILES string of the molecule is CN(c1ccccc1C(=N)N)S(=O)(=O)NC1CC1. The van der Waals surface area contributed by atoms with E-state index in [0.717, 1.165) is 17.1 Å². The Balaban J connectivity index is 2.32. The lowest BCUT2D eigenvalue weighted by Crippen LogP contribution is -2.40. The Labute approximate surface area is 106 Å². The first-order valence-electron chi connectivity index (χ1n) is 5.61. The second-order valence-corrected chi connectivity index (χ2v) is 6.03. The van der Waals surface area contributed by atoms with E-state index in [1.807, 2.05) is 0 Å². The van der Waals surface area contributed by atoms with Crippen LogP contribution in [0.4, 0.5) is 5.69 Å². The van der Waals surface area contributed by atoms with E-state index in [-0.39, 0.29) is 11.9 Å². The Hall–Kier alpha value is -1.60. The average molecular weight is 268 g/mol. The fourth-order valence-electron chi connectivity index (χ4n) is 1.60. The molecule has 1 aromatic rings. The van der Waals surface area contributed by atoms with Crippen LogP contribution in [0, 0.1) is 5.41 Å². The Kier molecular flexibility index (Phi) is 3.27. The largest absolute Gasteiger partial charge is 0.384 e. The highest BCUT2D eigenvalue weighted by atomic mass is 32.2. The maximum atomic E-state index is 12.1. The molecule has 0 atom stereocenters. The number of nitrogen functional groups attached to an aromatic ring is 1. The molecule has 1 aliphatic rings. The summed E-state index contributed by atoms with van der Waals surface area (Å²) in [5.74, 6) is -0.154. The molecule has 0 aromatic heterocycles. The molecular weight excluding hydrogens is 252 g/mol. The third kappa shape index (κ3) is 2.62. The van der Waals surface area contributed by atoms with E-state index >= 15 is 0 Å². The van der Waals surface area contributed by atoms with Gasteiger partial charge in [0.25, 0.3) is 0 Å². The van der Waals surface area contributed by atoms with Gasteiger partial charge in [0.2, 0.25) is 0 Å². The van der Waals surface area contributed by atoms with Crippen LogP contribution in [0.2, 0.25) is 0 Å². The van der Waals surface area contributed by atoms with Gasteiger partial charge in [0, 0.05) is 18.7 Å². The molecule has 1 aliphatic carbocycles. The molecule has 0 spiro atoms. The summed E-state index contributed by atoms with van der Waals surface area (Å²) < 4.78 is 27.8. The number of para-hydroxylation sites is 1. The molecule has 7 heteroatoms. The van der Waals surface area contributed by atoms with Gasteiger partial charge in [-0.25, -0.2) is 0 Å². The number of rotatable bonds is 5. The minimum atomic E-state index is -3.58. The molecular formula is C11H16N4O2S. The van der Waals surface area contributed by atoms with Gasteiger partial charge in [-0.3, -0.25) is 9.71 Å². The third-order valence-electron chi connectivity index (χ3n) is 2.79. The number of hydrogen-bond donors (Lipinski definition) is 3. The molecule has 1 aromatic carbocycles. The van der Waals surface area contributed by atoms with Crippen molar-refractivity contribution in [1.29, 1.82) is 5.41 Å². The molecule has 1 fully saturated rings. The molecule has 4 N–H and O–H groups in total. The number of hydrogen-bond acceptors (Lipinski definition) is 3. The van der Waals surface area contributed by atoms with Gasteiger partial charge in [-0.15, -0.1) is 0 Å². The summed E-state index contributed by atoms with van der Waals surface area (Å²) in [6.07, 6.45) is 1.75. The van der Waals surface area contributed by atoms with Crippen LogP contribution in [0.3, 0.4) is 0 Å². The quantitative estimate of drug-likeness (QED) is 0.532. The summed E-state index contributed by atoms with van der Waals surface area (Å²) in [6, 6.07) is 6.73. The Morgan fingerprint density at radius 2 is 2.06 bits per heavy atom. The van der Waals surface area contributed by atoms with Crippen molar-refractivity contribution in [3.05, 3.63) is 29.8 Å². The second kappa shape index (κ2) is 4.58. The Morgan fingerprint density at radius 1 is 1.44 bits per heavy atom. The second-order valence-electron chi connectivity index (χ2n) is 4.30. The van der Waals surface area contributed by atoms with Crippen LogP contribution >= 0.6 is 0 Å². The zero-order chi connectivity index (χ0) is 13.3. The van der Waals surface area contributed by atoms with E-state index in [9.17, 15) is 8.42 Å². The molecule has 6 nitrogen and oxygen atoms in total. The first-order valence-corrected chi connectivity index (χ1v) is 7.05. The molecule has 18 heavy (non-hydrogen) atoms. The van der Waals surface area contributed by atoms with E-state index in [0.29, 0.717) is 11.3 Å². The van der Waals surface area contributed by atoms with Crippen molar-refractivity contribution >= 4 is 21.7 Å². The van der Waals surface area contributed by atoms with Gasteiger partial charge in [0.05, 0.1) is 5.69 Å². The number of amidine groups is 1. The van der Waals surface area contributed by atoms with Gasteiger partial charge < -0.3 is 5.73 Å². The van der Waals surface area contributed by atoms with Gasteiger partial charge in [-0.2, -0.15) is 13.1 Å². The van der Waals surface area contributed by atoms with Crippen LogP contribution in [0.5, 0.6) is 0 Å². The van der Waals surface area contributed by atoms with Crippen LogP contribution in [-0.4, -0.2) is 27.3 Å². The minimum absolute atomic E-state index is 0.0435. The highest BCUT2D eigenvalue weighted by molar-refractivity contribution is 7.90. The molecule has 0 bridgehead atoms. The first-order chi connectivity index (χ1) is 8.42. The molecule has 0 unspecified atom stereocenters. The van der Waals surface area contributed by atoms with Crippen molar-refractivity contribution < 1.29 is 8.42 Å². The van der Waals surface area contributed by atoms with Crippen molar-refractivity contribution in [3.63, 3.8) is 0 Å². The number of nitrogens with two attached hydrogens (primary N) is 1. The van der Waals surface area contributed by atoms with Crippen LogP contribution in [0.15, 0.2) is 24.3 Å². The predicted octanol–water partition coefficient (Wildman–Crippen LogP) is 0.404. The van der Waals surface area contributed by atoms with Gasteiger partial charge >= 0.3 is 10.2 Å². The van der Waals surface area contributed by atoms with Gasteiger partial charge in [-0.1, -0.05) is 12.1 Å². The van der Waals surface area contributed by atoms with Crippen molar-refractivity contribution in [3.8, 4) is 0 Å². The fourth-order valence-corrected chi connectivity index (χ4v) is 2.83. The fraction of sp³-hybridized carbons (Fsp3) is 0.364. The van der Waals surface area contributed by atoms with Crippen molar-refractivity contribution in [2.45, 2.75) is 18.9 Å². The van der Waals surface area contributed by atoms with Crippen LogP contribution in [0.25, 0.3) is 0 Å². The normalized spacial score (nSPS) is 15.4. The smallest absolute Gasteiger partial charge is 0.301 e. The third-order valence-corrected chi connectivity index (χ3v) is 4.34. The average Bonchev–Trinajstić information content (AvgIpc) is 3.11. The summed E-state index contributed by atoms with van der Waals surface area (Å²) in [5.41, 5.74) is 6.26. The first kappa shape index (κ1) is 12.8. The monoisotopic (exact) mass is 268 g/mol. The maximum Gasteiger partial charge on any atom is 0.301 e. The van der Waals surface area contributed by atoms with Crippen molar-refractivity contribution in [1.82, 2.24) is 4.72 Å². The van der Waals surface area contributed by atoms with Gasteiger partial charge in [-0.05, 0) is 25.0 Å². The number of nitrogens with one attached hydrogen (secondary N) is 2.